The highest BCUT2D eigenvalue weighted by Crippen LogP contribution is 2.33. The number of carbonyl (C=O) groups excluding carboxylic acids is 1. The molecule has 0 unspecified atom stereocenters. The maximum atomic E-state index is 13.4. The number of thiazole rings is 1. The van der Waals surface area contributed by atoms with Crippen LogP contribution in [0, 0.1) is 17.6 Å². The summed E-state index contributed by atoms with van der Waals surface area (Å²) in [5, 5.41) is 2.61. The Morgan fingerprint density at radius 1 is 1.22 bits per heavy atom. The summed E-state index contributed by atoms with van der Waals surface area (Å²) in [6.45, 7) is 2.89. The lowest BCUT2D eigenvalue weighted by molar-refractivity contribution is -0.0290. The molecule has 1 aromatic carbocycles. The zero-order valence-electron chi connectivity index (χ0n) is 13.8. The van der Waals surface area contributed by atoms with Crippen molar-refractivity contribution in [2.45, 2.75) is 26.4 Å². The Labute approximate surface area is 167 Å². The van der Waals surface area contributed by atoms with Gasteiger partial charge < -0.3 is 4.74 Å². The summed E-state index contributed by atoms with van der Waals surface area (Å²) in [4.78, 5) is 19.1. The maximum Gasteiger partial charge on any atom is 0.413 e. The van der Waals surface area contributed by atoms with Crippen LogP contribution in [0.15, 0.2) is 23.7 Å². The lowest BCUT2D eigenvalue weighted by Gasteiger charge is -2.43. The van der Waals surface area contributed by atoms with Gasteiger partial charge in [-0.25, -0.2) is 18.6 Å². The number of piperidine rings is 3. The minimum Gasteiger partial charge on any atom is -0.444 e. The number of nitrogens with zero attached hydrogens (tertiary/aromatic N) is 2. The number of ether oxygens (including phenoxy) is 1. The molecule has 1 amide bonds. The van der Waals surface area contributed by atoms with Crippen molar-refractivity contribution in [1.29, 1.82) is 0 Å². The molecule has 5 nitrogen and oxygen atoms in total. The molecular formula is C18H22ClF2N3O2S. The molecule has 4 heterocycles. The summed E-state index contributed by atoms with van der Waals surface area (Å²) in [5.74, 6) is -0.697. The highest BCUT2D eigenvalue weighted by molar-refractivity contribution is 7.13. The molecule has 27 heavy (non-hydrogen) atoms. The average molecular weight is 418 g/mol. The van der Waals surface area contributed by atoms with E-state index in [0.717, 1.165) is 38.5 Å². The van der Waals surface area contributed by atoms with Crippen molar-refractivity contribution in [2.24, 2.45) is 5.92 Å². The number of hydrogen-bond acceptors (Lipinski definition) is 5. The fourth-order valence-electron chi connectivity index (χ4n) is 3.53. The zero-order valence-corrected chi connectivity index (χ0v) is 15.4. The number of aromatic nitrogens is 1. The molecule has 3 aliphatic rings. The molecule has 0 aliphatic carbocycles. The maximum absolute atomic E-state index is 13.4. The molecule has 2 bridgehead atoms. The number of hydrogen-bond donors (Lipinski definition) is 1. The standard InChI is InChI=1S/C17H17F2N3O2S.CH4.ClH/c18-12-5-11(6-13(19)7-12)15-16(20-9-25-15)21-17(23)24-14-8-22-3-1-10(14)2-4-22;;/h5-7,9-10,14H,1-4,8H2,(H,21,23);1H4;1H/t14-;;/m0../s1. The number of rotatable bonds is 3. The summed E-state index contributed by atoms with van der Waals surface area (Å²) in [7, 11) is 0. The van der Waals surface area contributed by atoms with E-state index < -0.39 is 17.7 Å². The Balaban J connectivity index is 0.00000131. The van der Waals surface area contributed by atoms with Gasteiger partial charge in [-0.3, -0.25) is 10.2 Å². The highest BCUT2D eigenvalue weighted by atomic mass is 35.5. The van der Waals surface area contributed by atoms with Gasteiger partial charge in [0.05, 0.1) is 10.4 Å². The first-order valence-corrected chi connectivity index (χ1v) is 9.06. The van der Waals surface area contributed by atoms with Gasteiger partial charge in [-0.1, -0.05) is 7.43 Å². The quantitative estimate of drug-likeness (QED) is 0.780. The van der Waals surface area contributed by atoms with Crippen LogP contribution in [0.3, 0.4) is 0 Å². The molecule has 5 rings (SSSR count). The second-order valence-corrected chi connectivity index (χ2v) is 7.25. The Hall–Kier alpha value is -1.77. The van der Waals surface area contributed by atoms with E-state index in [-0.39, 0.29) is 31.8 Å². The van der Waals surface area contributed by atoms with Crippen molar-refractivity contribution >= 4 is 35.7 Å². The number of fused-ring (bicyclic) bond motifs is 3. The first-order valence-electron chi connectivity index (χ1n) is 8.18. The number of anilines is 1. The number of benzene rings is 1. The number of nitrogens with one attached hydrogen (secondary N) is 1. The van der Waals surface area contributed by atoms with Crippen LogP contribution in [0.5, 0.6) is 0 Å². The summed E-state index contributed by atoms with van der Waals surface area (Å²) < 4.78 is 32.4. The van der Waals surface area contributed by atoms with Gasteiger partial charge in [0.25, 0.3) is 0 Å². The fourth-order valence-corrected chi connectivity index (χ4v) is 4.27. The van der Waals surface area contributed by atoms with Gasteiger partial charge in [-0.2, -0.15) is 0 Å². The van der Waals surface area contributed by atoms with Gasteiger partial charge in [-0.05, 0) is 44.0 Å². The lowest BCUT2D eigenvalue weighted by Crippen LogP contribution is -2.52. The third kappa shape index (κ3) is 4.75. The van der Waals surface area contributed by atoms with E-state index in [1.807, 2.05) is 0 Å². The summed E-state index contributed by atoms with van der Waals surface area (Å²) >= 11 is 1.20. The minimum atomic E-state index is -0.677. The Bertz CT molecular complexity index is 776. The van der Waals surface area contributed by atoms with Gasteiger partial charge >= 0.3 is 6.09 Å². The van der Waals surface area contributed by atoms with Crippen LogP contribution in [0.2, 0.25) is 0 Å². The van der Waals surface area contributed by atoms with E-state index in [1.54, 1.807) is 0 Å². The largest absolute Gasteiger partial charge is 0.444 e. The van der Waals surface area contributed by atoms with E-state index in [0.29, 0.717) is 16.4 Å². The fraction of sp³-hybridized carbons (Fsp3) is 0.444. The molecule has 1 N–H and O–H groups in total. The predicted molar refractivity (Wildman–Crippen MR) is 105 cm³/mol. The van der Waals surface area contributed by atoms with Gasteiger partial charge in [0, 0.05) is 18.2 Å². The monoisotopic (exact) mass is 417 g/mol. The van der Waals surface area contributed by atoms with E-state index in [2.05, 4.69) is 15.2 Å². The molecule has 3 aliphatic heterocycles. The van der Waals surface area contributed by atoms with Gasteiger partial charge in [0.1, 0.15) is 17.7 Å². The SMILES string of the molecule is C.Cl.O=C(Nc1ncsc1-c1cc(F)cc(F)c1)O[C@H]1CN2CCC1CC2. The van der Waals surface area contributed by atoms with E-state index in [9.17, 15) is 13.6 Å². The van der Waals surface area contributed by atoms with E-state index >= 15 is 0 Å². The first-order chi connectivity index (χ1) is 12.1. The van der Waals surface area contributed by atoms with Crippen LogP contribution in [0.4, 0.5) is 19.4 Å². The molecule has 1 atom stereocenters. The average Bonchev–Trinajstić information content (AvgIpc) is 3.03. The molecule has 148 valence electrons. The topological polar surface area (TPSA) is 54.5 Å². The second kappa shape index (κ2) is 8.95. The highest BCUT2D eigenvalue weighted by Gasteiger charge is 2.36. The molecule has 0 radical (unpaired) electrons. The third-order valence-corrected chi connectivity index (χ3v) is 5.64. The molecule has 0 spiro atoms. The Morgan fingerprint density at radius 3 is 2.48 bits per heavy atom. The van der Waals surface area contributed by atoms with Crippen molar-refractivity contribution in [3.63, 3.8) is 0 Å². The van der Waals surface area contributed by atoms with Crippen LogP contribution in [-0.4, -0.2) is 41.7 Å². The molecule has 9 heteroatoms. The molecular weight excluding hydrogens is 396 g/mol. The third-order valence-electron chi connectivity index (χ3n) is 4.77. The zero-order chi connectivity index (χ0) is 17.4. The van der Waals surface area contributed by atoms with Crippen molar-refractivity contribution in [3.05, 3.63) is 35.3 Å². The first kappa shape index (κ1) is 21.5. The van der Waals surface area contributed by atoms with Crippen molar-refractivity contribution in [1.82, 2.24) is 9.88 Å². The summed E-state index contributed by atoms with van der Waals surface area (Å²) in [6, 6.07) is 3.22. The van der Waals surface area contributed by atoms with Gasteiger partial charge in [0.15, 0.2) is 5.82 Å². The lowest BCUT2D eigenvalue weighted by atomic mass is 9.86. The van der Waals surface area contributed by atoms with Crippen molar-refractivity contribution in [2.75, 3.05) is 25.0 Å². The second-order valence-electron chi connectivity index (χ2n) is 6.40. The number of halogens is 3. The van der Waals surface area contributed by atoms with E-state index in [4.69, 9.17) is 4.74 Å². The van der Waals surface area contributed by atoms with Gasteiger partial charge in [0.2, 0.25) is 0 Å². The van der Waals surface area contributed by atoms with Crippen molar-refractivity contribution < 1.29 is 18.3 Å². The normalized spacial score (nSPS) is 23.1. The summed E-state index contributed by atoms with van der Waals surface area (Å²) in [6.07, 6.45) is 1.39. The summed E-state index contributed by atoms with van der Waals surface area (Å²) in [5.41, 5.74) is 1.85. The van der Waals surface area contributed by atoms with Gasteiger partial charge in [-0.15, -0.1) is 23.7 Å². The molecule has 2 aromatic rings. The van der Waals surface area contributed by atoms with Crippen LogP contribution >= 0.6 is 23.7 Å². The molecule has 1 aromatic heterocycles. The molecule has 0 saturated carbocycles. The predicted octanol–water partition coefficient (Wildman–Crippen LogP) is 4.79. The van der Waals surface area contributed by atoms with Crippen LogP contribution in [0.25, 0.3) is 10.4 Å². The van der Waals surface area contributed by atoms with Crippen LogP contribution < -0.4 is 5.32 Å². The molecule has 3 fully saturated rings. The van der Waals surface area contributed by atoms with E-state index in [1.165, 1.54) is 29.0 Å². The Morgan fingerprint density at radius 2 is 1.89 bits per heavy atom. The minimum absolute atomic E-state index is 0. The Kier molecular flexibility index (Phi) is 7.13. The number of amides is 1. The smallest absolute Gasteiger partial charge is 0.413 e. The number of carbonyl (C=O) groups is 1. The van der Waals surface area contributed by atoms with Crippen molar-refractivity contribution in [3.8, 4) is 10.4 Å². The van der Waals surface area contributed by atoms with Crippen LogP contribution in [-0.2, 0) is 4.74 Å². The van der Waals surface area contributed by atoms with Crippen LogP contribution in [0.1, 0.15) is 20.3 Å². The molecule has 3 saturated heterocycles.